The third-order valence-electron chi connectivity index (χ3n) is 3.29. The molecule has 0 radical (unpaired) electrons. The van der Waals surface area contributed by atoms with Crippen LogP contribution in [-0.4, -0.2) is 12.7 Å². The van der Waals surface area contributed by atoms with E-state index in [0.717, 1.165) is 16.9 Å². The normalized spacial score (nSPS) is 20.4. The molecule has 0 N–H and O–H groups in total. The summed E-state index contributed by atoms with van der Waals surface area (Å²) in [5.74, 6) is 1.39. The average Bonchev–Trinajstić information content (AvgIpc) is 2.41. The van der Waals surface area contributed by atoms with E-state index in [1.807, 2.05) is 32.1 Å². The Labute approximate surface area is 118 Å². The molecule has 100 valence electrons. The lowest BCUT2D eigenvalue weighted by molar-refractivity contribution is 0.128. The van der Waals surface area contributed by atoms with Crippen molar-refractivity contribution in [1.82, 2.24) is 0 Å². The zero-order chi connectivity index (χ0) is 14.0. The van der Waals surface area contributed by atoms with Crippen molar-refractivity contribution in [3.63, 3.8) is 0 Å². The van der Waals surface area contributed by atoms with Gasteiger partial charge in [0.15, 0.2) is 0 Å². The molecule has 2 rings (SSSR count). The summed E-state index contributed by atoms with van der Waals surface area (Å²) in [6, 6.07) is 4.04. The number of nitrogens with zero attached hydrogens (tertiary/aromatic N) is 1. The van der Waals surface area contributed by atoms with E-state index in [1.165, 1.54) is 0 Å². The molecule has 1 aromatic carbocycles. The molecular formula is C15H16ClNO2. The lowest BCUT2D eigenvalue weighted by Gasteiger charge is -2.32. The molecule has 0 saturated carbocycles. The van der Waals surface area contributed by atoms with Crippen LogP contribution in [0.5, 0.6) is 11.5 Å². The molecule has 0 spiro atoms. The smallest absolute Gasteiger partial charge is 0.150 e. The van der Waals surface area contributed by atoms with Crippen LogP contribution in [0.1, 0.15) is 30.9 Å². The first-order valence-corrected chi connectivity index (χ1v) is 6.51. The number of hydrogen-bond acceptors (Lipinski definition) is 3. The first kappa shape index (κ1) is 13.8. The summed E-state index contributed by atoms with van der Waals surface area (Å²) in [5, 5.41) is 9.31. The van der Waals surface area contributed by atoms with Gasteiger partial charge in [-0.05, 0) is 37.6 Å². The Morgan fingerprint density at radius 2 is 2.26 bits per heavy atom. The molecule has 0 saturated heterocycles. The highest BCUT2D eigenvalue weighted by atomic mass is 35.5. The zero-order valence-electron chi connectivity index (χ0n) is 11.3. The number of hydrogen-bond donors (Lipinski definition) is 0. The van der Waals surface area contributed by atoms with Crippen molar-refractivity contribution in [3.05, 3.63) is 28.3 Å². The van der Waals surface area contributed by atoms with Crippen LogP contribution in [0.4, 0.5) is 0 Å². The molecule has 0 amide bonds. The average molecular weight is 278 g/mol. The molecule has 1 heterocycles. The molecule has 0 aromatic heterocycles. The first-order valence-electron chi connectivity index (χ1n) is 6.13. The van der Waals surface area contributed by atoms with Gasteiger partial charge >= 0.3 is 0 Å². The molecule has 0 bridgehead atoms. The minimum absolute atomic E-state index is 0.441. The second kappa shape index (κ2) is 5.14. The summed E-state index contributed by atoms with van der Waals surface area (Å²) >= 11 is 6.32. The van der Waals surface area contributed by atoms with Gasteiger partial charge in [0.05, 0.1) is 23.8 Å². The van der Waals surface area contributed by atoms with Gasteiger partial charge < -0.3 is 9.47 Å². The third kappa shape index (κ3) is 2.54. The van der Waals surface area contributed by atoms with Crippen molar-refractivity contribution in [1.29, 1.82) is 5.26 Å². The Bertz CT molecular complexity index is 574. The number of rotatable bonds is 3. The summed E-state index contributed by atoms with van der Waals surface area (Å²) < 4.78 is 11.4. The summed E-state index contributed by atoms with van der Waals surface area (Å²) in [7, 11) is 1.63. The highest BCUT2D eigenvalue weighted by Gasteiger charge is 2.30. The quantitative estimate of drug-likeness (QED) is 0.834. The van der Waals surface area contributed by atoms with Gasteiger partial charge in [-0.2, -0.15) is 5.26 Å². The van der Waals surface area contributed by atoms with E-state index in [1.54, 1.807) is 7.11 Å². The van der Waals surface area contributed by atoms with Crippen LogP contribution in [0.15, 0.2) is 12.1 Å². The highest BCUT2D eigenvalue weighted by molar-refractivity contribution is 6.33. The Morgan fingerprint density at radius 3 is 2.89 bits per heavy atom. The number of benzene rings is 1. The fourth-order valence-electron chi connectivity index (χ4n) is 2.14. The molecular weight excluding hydrogens is 262 g/mol. The van der Waals surface area contributed by atoms with Crippen molar-refractivity contribution < 1.29 is 9.47 Å². The van der Waals surface area contributed by atoms with Gasteiger partial charge in [0.25, 0.3) is 0 Å². The lowest BCUT2D eigenvalue weighted by atomic mass is 9.94. The lowest BCUT2D eigenvalue weighted by Crippen LogP contribution is -2.32. The second-order valence-electron chi connectivity index (χ2n) is 4.86. The third-order valence-corrected chi connectivity index (χ3v) is 3.76. The molecule has 0 aliphatic carbocycles. The van der Waals surface area contributed by atoms with Crippen LogP contribution in [0.25, 0.3) is 6.08 Å². The maximum Gasteiger partial charge on any atom is 0.150 e. The molecule has 1 aliphatic heterocycles. The maximum absolute atomic E-state index is 8.71. The van der Waals surface area contributed by atoms with Gasteiger partial charge in [0, 0.05) is 12.8 Å². The van der Waals surface area contributed by atoms with Crippen molar-refractivity contribution in [2.24, 2.45) is 0 Å². The van der Waals surface area contributed by atoms with Gasteiger partial charge in [-0.15, -0.1) is 0 Å². The standard InChI is InChI=1S/C15H16ClNO2/c1-10-9-12(18-3)11-5-7-15(2,6-4-8-17)19-14(11)13(10)16/h5,7,9H,4,6H2,1-3H3. The molecule has 19 heavy (non-hydrogen) atoms. The van der Waals surface area contributed by atoms with Crippen molar-refractivity contribution >= 4 is 17.7 Å². The van der Waals surface area contributed by atoms with E-state index in [-0.39, 0.29) is 0 Å². The number of aryl methyl sites for hydroxylation is 1. The largest absolute Gasteiger partial charge is 0.496 e. The summed E-state index contributed by atoms with van der Waals surface area (Å²) in [5.41, 5.74) is 1.27. The topological polar surface area (TPSA) is 42.2 Å². The van der Waals surface area contributed by atoms with E-state index < -0.39 is 5.60 Å². The fraction of sp³-hybridized carbons (Fsp3) is 0.400. The predicted molar refractivity (Wildman–Crippen MR) is 75.7 cm³/mol. The van der Waals surface area contributed by atoms with E-state index in [0.29, 0.717) is 23.6 Å². The van der Waals surface area contributed by atoms with Crippen molar-refractivity contribution in [2.45, 2.75) is 32.3 Å². The van der Waals surface area contributed by atoms with Crippen LogP contribution in [-0.2, 0) is 0 Å². The molecule has 3 nitrogen and oxygen atoms in total. The summed E-state index contributed by atoms with van der Waals surface area (Å²) in [4.78, 5) is 0. The van der Waals surface area contributed by atoms with Crippen LogP contribution >= 0.6 is 11.6 Å². The van der Waals surface area contributed by atoms with Crippen molar-refractivity contribution in [2.75, 3.05) is 7.11 Å². The Kier molecular flexibility index (Phi) is 3.73. The van der Waals surface area contributed by atoms with Crippen LogP contribution in [0, 0.1) is 18.3 Å². The van der Waals surface area contributed by atoms with E-state index >= 15 is 0 Å². The number of halogens is 1. The minimum Gasteiger partial charge on any atom is -0.496 e. The highest BCUT2D eigenvalue weighted by Crippen LogP contribution is 2.44. The maximum atomic E-state index is 8.71. The van der Waals surface area contributed by atoms with Gasteiger partial charge in [0.1, 0.15) is 17.1 Å². The van der Waals surface area contributed by atoms with E-state index in [9.17, 15) is 0 Å². The number of fused-ring (bicyclic) bond motifs is 1. The van der Waals surface area contributed by atoms with Crippen LogP contribution in [0.2, 0.25) is 5.02 Å². The Balaban J connectivity index is 2.46. The summed E-state index contributed by atoms with van der Waals surface area (Å²) in [6.45, 7) is 3.87. The summed E-state index contributed by atoms with van der Waals surface area (Å²) in [6.07, 6.45) is 4.99. The minimum atomic E-state index is -0.495. The fourth-order valence-corrected chi connectivity index (χ4v) is 2.33. The Morgan fingerprint density at radius 1 is 1.53 bits per heavy atom. The van der Waals surface area contributed by atoms with Crippen LogP contribution in [0.3, 0.4) is 0 Å². The molecule has 0 fully saturated rings. The predicted octanol–water partition coefficient (Wildman–Crippen LogP) is 4.13. The molecule has 1 aliphatic rings. The molecule has 1 aromatic rings. The second-order valence-corrected chi connectivity index (χ2v) is 5.24. The van der Waals surface area contributed by atoms with Gasteiger partial charge in [0.2, 0.25) is 0 Å². The Hall–Kier alpha value is -1.66. The van der Waals surface area contributed by atoms with Crippen LogP contribution < -0.4 is 9.47 Å². The van der Waals surface area contributed by atoms with Gasteiger partial charge in [-0.1, -0.05) is 11.6 Å². The zero-order valence-corrected chi connectivity index (χ0v) is 12.0. The molecule has 1 unspecified atom stereocenters. The molecule has 4 heteroatoms. The van der Waals surface area contributed by atoms with Crippen molar-refractivity contribution in [3.8, 4) is 17.6 Å². The first-order chi connectivity index (χ1) is 9.00. The van der Waals surface area contributed by atoms with E-state index in [2.05, 4.69) is 6.07 Å². The SMILES string of the molecule is COc1cc(C)c(Cl)c2c1C=CC(C)(CCC#N)O2. The molecule has 1 atom stereocenters. The van der Waals surface area contributed by atoms with E-state index in [4.69, 9.17) is 26.3 Å². The number of nitriles is 1. The van der Waals surface area contributed by atoms with Gasteiger partial charge in [-0.25, -0.2) is 0 Å². The van der Waals surface area contributed by atoms with Gasteiger partial charge in [-0.3, -0.25) is 0 Å². The number of methoxy groups -OCH3 is 1. The monoisotopic (exact) mass is 277 g/mol. The number of ether oxygens (including phenoxy) is 2.